The lowest BCUT2D eigenvalue weighted by atomic mass is 10.3. The summed E-state index contributed by atoms with van der Waals surface area (Å²) in [4.78, 5) is 4.39. The van der Waals surface area contributed by atoms with Gasteiger partial charge >= 0.3 is 0 Å². The number of hydrogen-bond donors (Lipinski definition) is 0. The smallest absolute Gasteiger partial charge is 0.225 e. The number of sulfonamides is 1. The van der Waals surface area contributed by atoms with Gasteiger partial charge in [0, 0.05) is 13.1 Å². The number of halogens is 1. The predicted molar refractivity (Wildman–Crippen MR) is 74.7 cm³/mol. The minimum absolute atomic E-state index is 0.291. The molecule has 18 heavy (non-hydrogen) atoms. The molecule has 0 aliphatic carbocycles. The topological polar surface area (TPSA) is 50.3 Å². The largest absolute Gasteiger partial charge is 0.243 e. The molecule has 0 amide bonds. The maximum atomic E-state index is 12.3. The summed E-state index contributed by atoms with van der Waals surface area (Å²) >= 11 is 7.10. The van der Waals surface area contributed by atoms with E-state index >= 15 is 0 Å². The highest BCUT2D eigenvalue weighted by molar-refractivity contribution is 7.89. The fraction of sp³-hybridized carbons (Fsp3) is 0.364. The summed E-state index contributed by atoms with van der Waals surface area (Å²) in [5.74, 6) is 0. The average molecular weight is 305 g/mol. The number of benzene rings is 1. The number of aromatic nitrogens is 1. The lowest BCUT2D eigenvalue weighted by Gasteiger charge is -2.18. The van der Waals surface area contributed by atoms with E-state index in [1.54, 1.807) is 18.2 Å². The molecule has 0 aliphatic rings. The van der Waals surface area contributed by atoms with Crippen LogP contribution in [0.15, 0.2) is 23.1 Å². The van der Waals surface area contributed by atoms with E-state index in [-0.39, 0.29) is 0 Å². The van der Waals surface area contributed by atoms with E-state index in [0.29, 0.717) is 22.5 Å². The van der Waals surface area contributed by atoms with E-state index in [4.69, 9.17) is 11.6 Å². The molecule has 0 radical (unpaired) electrons. The lowest BCUT2D eigenvalue weighted by Crippen LogP contribution is -2.30. The molecule has 0 N–H and O–H groups in total. The number of nitrogens with zero attached hydrogens (tertiary/aromatic N) is 2. The van der Waals surface area contributed by atoms with Crippen LogP contribution in [-0.2, 0) is 10.0 Å². The molecule has 0 saturated heterocycles. The highest BCUT2D eigenvalue weighted by atomic mass is 35.5. The molecule has 0 spiro atoms. The summed E-state index contributed by atoms with van der Waals surface area (Å²) in [5, 5.41) is 0. The highest BCUT2D eigenvalue weighted by Gasteiger charge is 2.22. The summed E-state index contributed by atoms with van der Waals surface area (Å²) in [6.07, 6.45) is 0. The van der Waals surface area contributed by atoms with Crippen molar-refractivity contribution >= 4 is 43.2 Å². The lowest BCUT2D eigenvalue weighted by molar-refractivity contribution is 0.445. The average Bonchev–Trinajstić information content (AvgIpc) is 2.69. The number of fused-ring (bicyclic) bond motifs is 1. The van der Waals surface area contributed by atoms with Gasteiger partial charge in [-0.1, -0.05) is 25.4 Å². The number of thiazole rings is 1. The minimum Gasteiger partial charge on any atom is -0.225 e. The van der Waals surface area contributed by atoms with Crippen molar-refractivity contribution in [3.8, 4) is 0 Å². The van der Waals surface area contributed by atoms with Crippen molar-refractivity contribution < 1.29 is 8.42 Å². The minimum atomic E-state index is -3.41. The van der Waals surface area contributed by atoms with Crippen molar-refractivity contribution in [1.29, 1.82) is 0 Å². The first-order valence-electron chi connectivity index (χ1n) is 5.55. The van der Waals surface area contributed by atoms with Crippen LogP contribution < -0.4 is 0 Å². The van der Waals surface area contributed by atoms with E-state index in [1.807, 2.05) is 13.8 Å². The van der Waals surface area contributed by atoms with Gasteiger partial charge in [-0.05, 0) is 18.2 Å². The van der Waals surface area contributed by atoms with Crippen LogP contribution in [0.1, 0.15) is 13.8 Å². The fourth-order valence-electron chi connectivity index (χ4n) is 1.75. The molecule has 2 rings (SSSR count). The Morgan fingerprint density at radius 3 is 2.61 bits per heavy atom. The van der Waals surface area contributed by atoms with Gasteiger partial charge in [-0.2, -0.15) is 4.31 Å². The summed E-state index contributed by atoms with van der Waals surface area (Å²) in [7, 11) is -3.41. The van der Waals surface area contributed by atoms with Crippen molar-refractivity contribution in [2.75, 3.05) is 13.1 Å². The Morgan fingerprint density at radius 1 is 1.33 bits per heavy atom. The molecule has 1 aromatic heterocycles. The Bertz CT molecular complexity index is 663. The van der Waals surface area contributed by atoms with Crippen LogP contribution in [-0.4, -0.2) is 30.8 Å². The Kier molecular flexibility index (Phi) is 3.91. The molecule has 4 nitrogen and oxygen atoms in total. The quantitative estimate of drug-likeness (QED) is 0.872. The number of hydrogen-bond acceptors (Lipinski definition) is 4. The molecule has 0 fully saturated rings. The molecule has 1 heterocycles. The Hall–Kier alpha value is -0.690. The third kappa shape index (κ3) is 2.38. The van der Waals surface area contributed by atoms with Gasteiger partial charge in [0.25, 0.3) is 0 Å². The first-order valence-corrected chi connectivity index (χ1v) is 8.18. The van der Waals surface area contributed by atoms with Gasteiger partial charge in [0.15, 0.2) is 4.47 Å². The summed E-state index contributed by atoms with van der Waals surface area (Å²) in [6.45, 7) is 4.56. The van der Waals surface area contributed by atoms with Crippen LogP contribution >= 0.6 is 22.9 Å². The van der Waals surface area contributed by atoms with E-state index in [9.17, 15) is 8.42 Å². The zero-order chi connectivity index (χ0) is 13.3. The van der Waals surface area contributed by atoms with Crippen LogP contribution in [0.3, 0.4) is 0 Å². The van der Waals surface area contributed by atoms with E-state index in [0.717, 1.165) is 10.2 Å². The summed E-state index contributed by atoms with van der Waals surface area (Å²) < 4.78 is 27.3. The normalized spacial score (nSPS) is 12.4. The second kappa shape index (κ2) is 5.13. The van der Waals surface area contributed by atoms with E-state index in [1.165, 1.54) is 15.6 Å². The van der Waals surface area contributed by atoms with Crippen molar-refractivity contribution in [1.82, 2.24) is 9.29 Å². The molecule has 98 valence electrons. The van der Waals surface area contributed by atoms with Gasteiger partial charge in [0.2, 0.25) is 10.0 Å². The van der Waals surface area contributed by atoms with Crippen LogP contribution in [0.2, 0.25) is 4.47 Å². The van der Waals surface area contributed by atoms with Gasteiger partial charge in [0.05, 0.1) is 15.1 Å². The first kappa shape index (κ1) is 13.7. The van der Waals surface area contributed by atoms with Crippen LogP contribution in [0.4, 0.5) is 0 Å². The Labute approximate surface area is 115 Å². The third-order valence-corrected chi connectivity index (χ3v) is 5.85. The molecule has 0 atom stereocenters. The number of rotatable bonds is 4. The van der Waals surface area contributed by atoms with Gasteiger partial charge in [-0.25, -0.2) is 13.4 Å². The molecule has 7 heteroatoms. The molecule has 2 aromatic rings. The van der Waals surface area contributed by atoms with Crippen LogP contribution in [0.25, 0.3) is 10.2 Å². The second-order valence-corrected chi connectivity index (χ2v) is 7.24. The van der Waals surface area contributed by atoms with Crippen molar-refractivity contribution in [3.63, 3.8) is 0 Å². The first-order chi connectivity index (χ1) is 8.48. The monoisotopic (exact) mass is 304 g/mol. The third-order valence-electron chi connectivity index (χ3n) is 2.68. The summed E-state index contributed by atoms with van der Waals surface area (Å²) in [5.41, 5.74) is 0.725. The fourth-order valence-corrected chi connectivity index (χ4v) is 4.38. The molecule has 0 bridgehead atoms. The SMILES string of the molecule is CCN(CC)S(=O)(=O)c1ccc2nc(Cl)sc2c1. The van der Waals surface area contributed by atoms with Gasteiger partial charge < -0.3 is 0 Å². The van der Waals surface area contributed by atoms with Crippen molar-refractivity contribution in [2.24, 2.45) is 0 Å². The Balaban J connectivity index is 2.53. The van der Waals surface area contributed by atoms with Crippen molar-refractivity contribution in [3.05, 3.63) is 22.7 Å². The molecule has 0 aliphatic heterocycles. The second-order valence-electron chi connectivity index (χ2n) is 3.69. The van der Waals surface area contributed by atoms with Gasteiger partial charge in [-0.3, -0.25) is 0 Å². The van der Waals surface area contributed by atoms with Gasteiger partial charge in [0.1, 0.15) is 0 Å². The van der Waals surface area contributed by atoms with E-state index < -0.39 is 10.0 Å². The molecular weight excluding hydrogens is 292 g/mol. The Morgan fingerprint density at radius 2 is 2.00 bits per heavy atom. The van der Waals surface area contributed by atoms with E-state index in [2.05, 4.69) is 4.98 Å². The maximum absolute atomic E-state index is 12.3. The zero-order valence-corrected chi connectivity index (χ0v) is 12.4. The molecule has 1 aromatic carbocycles. The van der Waals surface area contributed by atoms with Crippen molar-refractivity contribution in [2.45, 2.75) is 18.7 Å². The highest BCUT2D eigenvalue weighted by Crippen LogP contribution is 2.28. The maximum Gasteiger partial charge on any atom is 0.243 e. The molecule has 0 saturated carbocycles. The molecule has 0 unspecified atom stereocenters. The standard InChI is InChI=1S/C11H13ClN2O2S2/c1-3-14(4-2)18(15,16)8-5-6-9-10(7-8)17-11(12)13-9/h5-7H,3-4H2,1-2H3. The van der Waals surface area contributed by atoms with Gasteiger partial charge in [-0.15, -0.1) is 11.3 Å². The predicted octanol–water partition coefficient (Wildman–Crippen LogP) is 2.98. The van der Waals surface area contributed by atoms with Crippen LogP contribution in [0.5, 0.6) is 0 Å². The summed E-state index contributed by atoms with van der Waals surface area (Å²) in [6, 6.07) is 4.90. The van der Waals surface area contributed by atoms with Crippen LogP contribution in [0, 0.1) is 0 Å². The zero-order valence-electron chi connectivity index (χ0n) is 10.1. The molecular formula is C11H13ClN2O2S2.